The van der Waals surface area contributed by atoms with Crippen LogP contribution in [0.4, 0.5) is 5.69 Å². The second-order valence-electron chi connectivity index (χ2n) is 6.07. The molecule has 3 heteroatoms. The minimum atomic E-state index is 0.386. The number of anilines is 1. The van der Waals surface area contributed by atoms with Gasteiger partial charge in [0.25, 0.3) is 0 Å². The van der Waals surface area contributed by atoms with E-state index in [9.17, 15) is 0 Å². The zero-order chi connectivity index (χ0) is 14.0. The Hall–Kier alpha value is -0.540. The molecule has 1 saturated carbocycles. The van der Waals surface area contributed by atoms with Gasteiger partial charge in [-0.2, -0.15) is 0 Å². The fourth-order valence-electron chi connectivity index (χ4n) is 2.93. The third-order valence-corrected chi connectivity index (χ3v) is 5.28. The molecule has 19 heavy (non-hydrogen) atoms. The molecule has 0 N–H and O–H groups in total. The molecule has 2 rings (SSSR count). The van der Waals surface area contributed by atoms with Crippen LogP contribution in [0, 0.1) is 6.92 Å². The Labute approximate surface area is 125 Å². The van der Waals surface area contributed by atoms with Gasteiger partial charge in [0.1, 0.15) is 0 Å². The minimum absolute atomic E-state index is 0.386. The van der Waals surface area contributed by atoms with Crippen LogP contribution in [0.3, 0.4) is 0 Å². The van der Waals surface area contributed by atoms with Gasteiger partial charge in [-0.3, -0.25) is 0 Å². The lowest BCUT2D eigenvalue weighted by Gasteiger charge is -2.49. The summed E-state index contributed by atoms with van der Waals surface area (Å²) < 4.78 is 0. The summed E-state index contributed by atoms with van der Waals surface area (Å²) in [6, 6.07) is 6.78. The highest BCUT2D eigenvalue weighted by Crippen LogP contribution is 2.37. The first-order chi connectivity index (χ1) is 8.98. The smallest absolute Gasteiger partial charge is 0.0378 e. The Bertz CT molecular complexity index is 438. The predicted molar refractivity (Wildman–Crippen MR) is 87.3 cm³/mol. The van der Waals surface area contributed by atoms with Crippen LogP contribution in [-0.4, -0.2) is 38.1 Å². The Morgan fingerprint density at radius 1 is 1.21 bits per heavy atom. The topological polar surface area (TPSA) is 6.48 Å². The summed E-state index contributed by atoms with van der Waals surface area (Å²) in [4.78, 5) is 4.82. The van der Waals surface area contributed by atoms with Gasteiger partial charge in [0.2, 0.25) is 0 Å². The number of alkyl halides is 1. The molecular formula is C16H25BrN2. The Morgan fingerprint density at radius 3 is 2.32 bits per heavy atom. The molecule has 0 spiro atoms. The van der Waals surface area contributed by atoms with Crippen LogP contribution in [0.2, 0.25) is 0 Å². The lowest BCUT2D eigenvalue weighted by Crippen LogP contribution is -2.56. The van der Waals surface area contributed by atoms with Gasteiger partial charge in [-0.25, -0.2) is 0 Å². The average molecular weight is 325 g/mol. The van der Waals surface area contributed by atoms with Gasteiger partial charge in [0.15, 0.2) is 0 Å². The molecule has 1 aliphatic rings. The number of hydrogen-bond donors (Lipinski definition) is 0. The van der Waals surface area contributed by atoms with E-state index in [1.54, 1.807) is 0 Å². The molecule has 1 fully saturated rings. The highest BCUT2D eigenvalue weighted by atomic mass is 79.9. The highest BCUT2D eigenvalue weighted by molar-refractivity contribution is 9.08. The van der Waals surface area contributed by atoms with Crippen molar-refractivity contribution in [3.05, 3.63) is 29.3 Å². The monoisotopic (exact) mass is 324 g/mol. The molecule has 0 aliphatic heterocycles. The fourth-order valence-corrected chi connectivity index (χ4v) is 3.56. The number of benzene rings is 1. The molecular weight excluding hydrogens is 300 g/mol. The van der Waals surface area contributed by atoms with Gasteiger partial charge in [-0.05, 0) is 63.5 Å². The van der Waals surface area contributed by atoms with E-state index < -0.39 is 0 Å². The van der Waals surface area contributed by atoms with Gasteiger partial charge in [0.05, 0.1) is 0 Å². The molecule has 0 atom stereocenters. The summed E-state index contributed by atoms with van der Waals surface area (Å²) in [6.45, 7) is 3.31. The maximum Gasteiger partial charge on any atom is 0.0378 e. The molecule has 1 aromatic carbocycles. The number of halogens is 1. The number of aryl methyl sites for hydroxylation is 1. The number of likely N-dealkylation sites (N-methyl/N-ethyl adjacent to an activating group) is 2. The molecule has 0 heterocycles. The molecule has 106 valence electrons. The van der Waals surface area contributed by atoms with Gasteiger partial charge in [-0.1, -0.05) is 22.0 Å². The minimum Gasteiger partial charge on any atom is -0.373 e. The van der Waals surface area contributed by atoms with Crippen LogP contribution in [-0.2, 0) is 5.33 Å². The molecule has 0 amide bonds. The Balaban J connectivity index is 2.11. The van der Waals surface area contributed by atoms with Crippen LogP contribution in [0.15, 0.2) is 18.2 Å². The van der Waals surface area contributed by atoms with Crippen molar-refractivity contribution in [2.45, 2.75) is 37.1 Å². The van der Waals surface area contributed by atoms with Crippen LogP contribution in [0.5, 0.6) is 0 Å². The van der Waals surface area contributed by atoms with Crippen molar-refractivity contribution in [1.82, 2.24) is 4.90 Å². The summed E-state index contributed by atoms with van der Waals surface area (Å²) in [7, 11) is 6.64. The summed E-state index contributed by atoms with van der Waals surface area (Å²) in [5.41, 5.74) is 4.46. The fraction of sp³-hybridized carbons (Fsp3) is 0.625. The molecule has 0 saturated heterocycles. The quantitative estimate of drug-likeness (QED) is 0.760. The lowest BCUT2D eigenvalue weighted by molar-refractivity contribution is 0.0683. The number of nitrogens with zero attached hydrogens (tertiary/aromatic N) is 2. The third-order valence-electron chi connectivity index (χ3n) is 4.68. The Morgan fingerprint density at radius 2 is 1.89 bits per heavy atom. The van der Waals surface area contributed by atoms with Gasteiger partial charge in [-0.15, -0.1) is 0 Å². The summed E-state index contributed by atoms with van der Waals surface area (Å²) in [6.07, 6.45) is 4.01. The van der Waals surface area contributed by atoms with Gasteiger partial charge in [0, 0.05) is 30.1 Å². The van der Waals surface area contributed by atoms with Crippen LogP contribution < -0.4 is 4.90 Å². The van der Waals surface area contributed by atoms with E-state index in [4.69, 9.17) is 0 Å². The Kier molecular flexibility index (Phi) is 4.57. The first-order valence-corrected chi connectivity index (χ1v) is 8.15. The van der Waals surface area contributed by atoms with Crippen LogP contribution in [0.25, 0.3) is 0 Å². The summed E-state index contributed by atoms with van der Waals surface area (Å²) >= 11 is 3.54. The SMILES string of the molecule is Cc1cc(N(C)CC2(N(C)C)CCC2)ccc1CBr. The normalized spacial score (nSPS) is 17.4. The molecule has 0 bridgehead atoms. The van der Waals surface area contributed by atoms with Crippen molar-refractivity contribution in [3.63, 3.8) is 0 Å². The van der Waals surface area contributed by atoms with Crippen molar-refractivity contribution >= 4 is 21.6 Å². The van der Waals surface area contributed by atoms with E-state index in [0.717, 1.165) is 11.9 Å². The van der Waals surface area contributed by atoms with Crippen molar-refractivity contribution in [2.24, 2.45) is 0 Å². The molecule has 1 aliphatic carbocycles. The molecule has 0 radical (unpaired) electrons. The van der Waals surface area contributed by atoms with E-state index in [0.29, 0.717) is 5.54 Å². The molecule has 2 nitrogen and oxygen atoms in total. The third kappa shape index (κ3) is 2.97. The van der Waals surface area contributed by atoms with E-state index in [2.05, 4.69) is 72.0 Å². The lowest BCUT2D eigenvalue weighted by atomic mass is 9.75. The molecule has 1 aromatic rings. The largest absolute Gasteiger partial charge is 0.373 e. The van der Waals surface area contributed by atoms with Gasteiger partial charge >= 0.3 is 0 Å². The van der Waals surface area contributed by atoms with Crippen molar-refractivity contribution < 1.29 is 0 Å². The first kappa shape index (κ1) is 14.9. The summed E-state index contributed by atoms with van der Waals surface area (Å²) in [5, 5.41) is 0.935. The van der Waals surface area contributed by atoms with Crippen molar-refractivity contribution in [2.75, 3.05) is 32.6 Å². The molecule has 0 unspecified atom stereocenters. The van der Waals surface area contributed by atoms with Crippen LogP contribution in [0.1, 0.15) is 30.4 Å². The van der Waals surface area contributed by atoms with Gasteiger partial charge < -0.3 is 9.80 Å². The van der Waals surface area contributed by atoms with E-state index in [-0.39, 0.29) is 0 Å². The van der Waals surface area contributed by atoms with Crippen LogP contribution >= 0.6 is 15.9 Å². The van der Waals surface area contributed by atoms with Crippen molar-refractivity contribution in [3.8, 4) is 0 Å². The zero-order valence-electron chi connectivity index (χ0n) is 12.5. The zero-order valence-corrected chi connectivity index (χ0v) is 14.1. The second kappa shape index (κ2) is 5.84. The molecule has 0 aromatic heterocycles. The van der Waals surface area contributed by atoms with E-state index >= 15 is 0 Å². The first-order valence-electron chi connectivity index (χ1n) is 7.02. The second-order valence-corrected chi connectivity index (χ2v) is 6.63. The van der Waals surface area contributed by atoms with E-state index in [1.165, 1.54) is 36.1 Å². The summed E-state index contributed by atoms with van der Waals surface area (Å²) in [5.74, 6) is 0. The van der Waals surface area contributed by atoms with Crippen molar-refractivity contribution in [1.29, 1.82) is 0 Å². The maximum atomic E-state index is 3.54. The predicted octanol–water partition coefficient (Wildman–Crippen LogP) is 3.81. The number of rotatable bonds is 5. The highest BCUT2D eigenvalue weighted by Gasteiger charge is 2.39. The maximum absolute atomic E-state index is 3.54. The average Bonchev–Trinajstić information content (AvgIpc) is 2.32. The number of hydrogen-bond acceptors (Lipinski definition) is 2. The van der Waals surface area contributed by atoms with E-state index in [1.807, 2.05) is 0 Å². The standard InChI is InChI=1S/C16H25BrN2/c1-13-10-15(7-6-14(13)11-17)19(4)12-16(18(2)3)8-5-9-16/h6-7,10H,5,8-9,11-12H2,1-4H3.